The van der Waals surface area contributed by atoms with Gasteiger partial charge in [-0.2, -0.15) is 0 Å². The second kappa shape index (κ2) is 8.89. The van der Waals surface area contributed by atoms with Crippen LogP contribution in [0.4, 0.5) is 10.1 Å². The molecule has 0 aliphatic carbocycles. The van der Waals surface area contributed by atoms with E-state index in [1.54, 1.807) is 6.07 Å². The highest BCUT2D eigenvalue weighted by molar-refractivity contribution is 6.05. The quantitative estimate of drug-likeness (QED) is 0.755. The molecule has 0 bridgehead atoms. The average Bonchev–Trinajstić information content (AvgIpc) is 2.58. The average molecular weight is 344 g/mol. The lowest BCUT2D eigenvalue weighted by Crippen LogP contribution is -2.27. The van der Waals surface area contributed by atoms with Crippen LogP contribution >= 0.6 is 0 Å². The second-order valence-corrected chi connectivity index (χ2v) is 5.84. The minimum atomic E-state index is -0.458. The summed E-state index contributed by atoms with van der Waals surface area (Å²) in [6.45, 7) is 1.41. The number of carbonyl (C=O) groups is 2. The number of benzene rings is 1. The normalized spacial score (nSPS) is 10.6. The molecule has 2 N–H and O–H groups in total. The van der Waals surface area contributed by atoms with Crippen LogP contribution < -0.4 is 10.6 Å². The third-order valence-corrected chi connectivity index (χ3v) is 3.41. The fourth-order valence-electron chi connectivity index (χ4n) is 2.16. The Bertz CT molecular complexity index is 749. The van der Waals surface area contributed by atoms with Crippen molar-refractivity contribution in [1.29, 1.82) is 0 Å². The largest absolute Gasteiger partial charge is 0.352 e. The smallest absolute Gasteiger partial charge is 0.257 e. The first-order chi connectivity index (χ1) is 12.0. The minimum Gasteiger partial charge on any atom is -0.352 e. The third-order valence-electron chi connectivity index (χ3n) is 3.41. The molecule has 0 spiro atoms. The molecule has 1 aromatic carbocycles. The van der Waals surface area contributed by atoms with Crippen LogP contribution in [0.5, 0.6) is 0 Å². The predicted molar refractivity (Wildman–Crippen MR) is 94.1 cm³/mol. The Morgan fingerprint density at radius 1 is 1.12 bits per heavy atom. The molecule has 7 heteroatoms. The van der Waals surface area contributed by atoms with Gasteiger partial charge in [-0.05, 0) is 51.3 Å². The van der Waals surface area contributed by atoms with E-state index in [2.05, 4.69) is 15.6 Å². The van der Waals surface area contributed by atoms with E-state index in [0.29, 0.717) is 17.8 Å². The van der Waals surface area contributed by atoms with Crippen LogP contribution in [-0.4, -0.2) is 48.9 Å². The summed E-state index contributed by atoms with van der Waals surface area (Å²) in [5.41, 5.74) is 0.866. The number of nitrogens with zero attached hydrogens (tertiary/aromatic N) is 2. The van der Waals surface area contributed by atoms with E-state index in [0.717, 1.165) is 13.0 Å². The van der Waals surface area contributed by atoms with E-state index in [1.165, 1.54) is 36.7 Å². The van der Waals surface area contributed by atoms with Gasteiger partial charge in [0.05, 0.1) is 11.1 Å². The van der Waals surface area contributed by atoms with Gasteiger partial charge in [0, 0.05) is 24.6 Å². The van der Waals surface area contributed by atoms with Crippen LogP contribution in [0.2, 0.25) is 0 Å². The first kappa shape index (κ1) is 18.5. The Morgan fingerprint density at radius 3 is 2.52 bits per heavy atom. The fraction of sp³-hybridized carbons (Fsp3) is 0.278. The third kappa shape index (κ3) is 5.96. The number of aromatic nitrogens is 1. The zero-order valence-corrected chi connectivity index (χ0v) is 14.3. The van der Waals surface area contributed by atoms with Gasteiger partial charge in [-0.3, -0.25) is 14.6 Å². The Hall–Kier alpha value is -2.80. The molecule has 0 unspecified atom stereocenters. The zero-order valence-electron chi connectivity index (χ0n) is 14.3. The van der Waals surface area contributed by atoms with Gasteiger partial charge in [0.2, 0.25) is 0 Å². The molecule has 1 aromatic heterocycles. The molecule has 0 fully saturated rings. The lowest BCUT2D eigenvalue weighted by Gasteiger charge is -2.10. The Labute approximate surface area is 146 Å². The Kier molecular flexibility index (Phi) is 6.59. The molecule has 0 radical (unpaired) electrons. The summed E-state index contributed by atoms with van der Waals surface area (Å²) < 4.78 is 13.2. The standard InChI is InChI=1S/C18H21FN4O2/c1-23(2)8-4-7-21-17(24)13-9-14(12-20-11-13)18(25)22-16-6-3-5-15(19)10-16/h3,5-6,9-12H,4,7-8H2,1-2H3,(H,21,24)(H,22,25). The van der Waals surface area contributed by atoms with E-state index in [-0.39, 0.29) is 11.5 Å². The molecule has 2 rings (SSSR count). The number of hydrogen-bond acceptors (Lipinski definition) is 4. The maximum atomic E-state index is 13.2. The summed E-state index contributed by atoms with van der Waals surface area (Å²) in [6, 6.07) is 7.05. The van der Waals surface area contributed by atoms with Crippen LogP contribution in [0, 0.1) is 5.82 Å². The van der Waals surface area contributed by atoms with Gasteiger partial charge < -0.3 is 15.5 Å². The van der Waals surface area contributed by atoms with Crippen molar-refractivity contribution >= 4 is 17.5 Å². The summed E-state index contributed by atoms with van der Waals surface area (Å²) in [7, 11) is 3.93. The number of halogens is 1. The van der Waals surface area contributed by atoms with E-state index >= 15 is 0 Å². The highest BCUT2D eigenvalue weighted by Gasteiger charge is 2.11. The van der Waals surface area contributed by atoms with Crippen molar-refractivity contribution in [3.05, 3.63) is 59.7 Å². The molecule has 0 aliphatic rings. The first-order valence-electron chi connectivity index (χ1n) is 7.90. The van der Waals surface area contributed by atoms with Gasteiger partial charge in [0.15, 0.2) is 0 Å². The van der Waals surface area contributed by atoms with Gasteiger partial charge in [-0.1, -0.05) is 6.07 Å². The monoisotopic (exact) mass is 344 g/mol. The van der Waals surface area contributed by atoms with Crippen LogP contribution in [0.1, 0.15) is 27.1 Å². The number of pyridine rings is 1. The van der Waals surface area contributed by atoms with Gasteiger partial charge >= 0.3 is 0 Å². The molecule has 1 heterocycles. The van der Waals surface area contributed by atoms with E-state index in [1.807, 2.05) is 19.0 Å². The number of nitrogens with one attached hydrogen (secondary N) is 2. The lowest BCUT2D eigenvalue weighted by molar-refractivity contribution is 0.0952. The molecule has 25 heavy (non-hydrogen) atoms. The van der Waals surface area contributed by atoms with Crippen LogP contribution in [0.25, 0.3) is 0 Å². The maximum Gasteiger partial charge on any atom is 0.257 e. The van der Waals surface area contributed by atoms with Crippen LogP contribution in [0.3, 0.4) is 0 Å². The molecule has 0 aliphatic heterocycles. The van der Waals surface area contributed by atoms with Crippen molar-refractivity contribution in [2.45, 2.75) is 6.42 Å². The molecule has 0 saturated heterocycles. The summed E-state index contributed by atoms with van der Waals surface area (Å²) >= 11 is 0. The number of hydrogen-bond donors (Lipinski definition) is 2. The molecule has 2 aromatic rings. The second-order valence-electron chi connectivity index (χ2n) is 5.84. The number of rotatable bonds is 7. The molecule has 0 saturated carbocycles. The van der Waals surface area contributed by atoms with E-state index in [9.17, 15) is 14.0 Å². The summed E-state index contributed by atoms with van der Waals surface area (Å²) in [6.07, 6.45) is 3.59. The van der Waals surface area contributed by atoms with Gasteiger partial charge in [0.25, 0.3) is 11.8 Å². The number of carbonyl (C=O) groups excluding carboxylic acids is 2. The maximum absolute atomic E-state index is 13.2. The number of amides is 2. The number of anilines is 1. The lowest BCUT2D eigenvalue weighted by atomic mass is 10.1. The van der Waals surface area contributed by atoms with Crippen molar-refractivity contribution < 1.29 is 14.0 Å². The van der Waals surface area contributed by atoms with E-state index in [4.69, 9.17) is 0 Å². The summed E-state index contributed by atoms with van der Waals surface area (Å²) in [5, 5.41) is 5.36. The highest BCUT2D eigenvalue weighted by Crippen LogP contribution is 2.11. The van der Waals surface area contributed by atoms with Crippen LogP contribution in [-0.2, 0) is 0 Å². The topological polar surface area (TPSA) is 74.3 Å². The van der Waals surface area contributed by atoms with Crippen molar-refractivity contribution in [2.75, 3.05) is 32.5 Å². The van der Waals surface area contributed by atoms with Gasteiger partial charge in [0.1, 0.15) is 5.82 Å². The summed E-state index contributed by atoms with van der Waals surface area (Å²) in [5.74, 6) is -1.19. The van der Waals surface area contributed by atoms with Crippen molar-refractivity contribution in [2.24, 2.45) is 0 Å². The predicted octanol–water partition coefficient (Wildman–Crippen LogP) is 2.15. The molecular formula is C18H21FN4O2. The summed E-state index contributed by atoms with van der Waals surface area (Å²) in [4.78, 5) is 30.3. The van der Waals surface area contributed by atoms with Gasteiger partial charge in [-0.25, -0.2) is 4.39 Å². The van der Waals surface area contributed by atoms with Crippen LogP contribution in [0.15, 0.2) is 42.7 Å². The van der Waals surface area contributed by atoms with Crippen molar-refractivity contribution in [3.63, 3.8) is 0 Å². The molecule has 2 amide bonds. The van der Waals surface area contributed by atoms with Gasteiger partial charge in [-0.15, -0.1) is 0 Å². The molecule has 6 nitrogen and oxygen atoms in total. The highest BCUT2D eigenvalue weighted by atomic mass is 19.1. The Balaban J connectivity index is 1.97. The SMILES string of the molecule is CN(C)CCCNC(=O)c1cncc(C(=O)Nc2cccc(F)c2)c1. The Morgan fingerprint density at radius 2 is 1.84 bits per heavy atom. The van der Waals surface area contributed by atoms with Crippen molar-refractivity contribution in [1.82, 2.24) is 15.2 Å². The van der Waals surface area contributed by atoms with E-state index < -0.39 is 11.7 Å². The molecule has 0 atom stereocenters. The first-order valence-corrected chi connectivity index (χ1v) is 7.90. The molecular weight excluding hydrogens is 323 g/mol. The minimum absolute atomic E-state index is 0.227. The molecule has 132 valence electrons. The van der Waals surface area contributed by atoms with Crippen molar-refractivity contribution in [3.8, 4) is 0 Å². The fourth-order valence-corrected chi connectivity index (χ4v) is 2.16. The zero-order chi connectivity index (χ0) is 18.2.